The third kappa shape index (κ3) is 5.86. The molecule has 140 valence electrons. The lowest BCUT2D eigenvalue weighted by Gasteiger charge is -2.26. The van der Waals surface area contributed by atoms with Crippen LogP contribution in [-0.4, -0.2) is 28.4 Å². The minimum atomic E-state index is -0.954. The second-order valence-corrected chi connectivity index (χ2v) is 7.30. The Kier molecular flexibility index (Phi) is 6.39. The maximum Gasteiger partial charge on any atom is 0.411 e. The fourth-order valence-electron chi connectivity index (χ4n) is 2.69. The molecule has 1 heterocycles. The molecule has 0 radical (unpaired) electrons. The van der Waals surface area contributed by atoms with Gasteiger partial charge in [-0.3, -0.25) is 0 Å². The van der Waals surface area contributed by atoms with Crippen LogP contribution < -0.4 is 20.9 Å². The van der Waals surface area contributed by atoms with Crippen LogP contribution in [0, 0.1) is 5.92 Å². The molecule has 0 fully saturated rings. The lowest BCUT2D eigenvalue weighted by atomic mass is 9.93. The molecule has 0 saturated carbocycles. The predicted molar refractivity (Wildman–Crippen MR) is 100 cm³/mol. The van der Waals surface area contributed by atoms with E-state index in [0.717, 1.165) is 12.0 Å². The maximum atomic E-state index is 10.8. The highest BCUT2D eigenvalue weighted by Crippen LogP contribution is 2.31. The molecule has 7 nitrogen and oxygen atoms in total. The molecule has 0 saturated heterocycles. The molecule has 0 spiro atoms. The van der Waals surface area contributed by atoms with Crippen molar-refractivity contribution in [3.05, 3.63) is 35.5 Å². The molecule has 1 unspecified atom stereocenters. The molecule has 8 heteroatoms. The molecule has 4 N–H and O–H groups in total. The molecule has 0 bridgehead atoms. The first-order valence-corrected chi connectivity index (χ1v) is 8.56. The van der Waals surface area contributed by atoms with Crippen molar-refractivity contribution in [1.29, 1.82) is 0 Å². The zero-order valence-corrected chi connectivity index (χ0v) is 15.8. The smallest absolute Gasteiger partial charge is 0.411 e. The lowest BCUT2D eigenvalue weighted by molar-refractivity contribution is 0.207. The second kappa shape index (κ2) is 8.33. The standard InChI is InChI=1S/C18H23ClN4O3/c1-11(2)8-18(3,21)10-25-15-5-4-12(6-14(15)19)13-7-16(23-22-9-13)26-17(20)24/h4-7,9,11H,8,10,21H2,1-3H3,(H2,20,24). The number of amides is 1. The van der Waals surface area contributed by atoms with Gasteiger partial charge in [-0.05, 0) is 37.0 Å². The summed E-state index contributed by atoms with van der Waals surface area (Å²) in [5.41, 5.74) is 12.2. The molecule has 0 aliphatic heterocycles. The van der Waals surface area contributed by atoms with Crippen molar-refractivity contribution in [3.8, 4) is 22.8 Å². The summed E-state index contributed by atoms with van der Waals surface area (Å²) in [4.78, 5) is 10.8. The predicted octanol–water partition coefficient (Wildman–Crippen LogP) is 3.40. The molecule has 1 aromatic heterocycles. The number of hydrogen-bond donors (Lipinski definition) is 2. The van der Waals surface area contributed by atoms with Crippen LogP contribution in [0.4, 0.5) is 4.79 Å². The van der Waals surface area contributed by atoms with Crippen molar-refractivity contribution in [2.75, 3.05) is 6.61 Å². The second-order valence-electron chi connectivity index (χ2n) is 6.89. The minimum Gasteiger partial charge on any atom is -0.490 e. The van der Waals surface area contributed by atoms with E-state index in [4.69, 9.17) is 32.5 Å². The summed E-state index contributed by atoms with van der Waals surface area (Å²) in [5, 5.41) is 7.91. The summed E-state index contributed by atoms with van der Waals surface area (Å²) in [6, 6.07) is 6.86. The SMILES string of the molecule is CC(C)CC(C)(N)COc1ccc(-c2cnnc(OC(N)=O)c2)cc1Cl. The fraction of sp³-hybridized carbons (Fsp3) is 0.389. The van der Waals surface area contributed by atoms with Crippen LogP contribution in [0.2, 0.25) is 5.02 Å². The Morgan fingerprint density at radius 1 is 1.31 bits per heavy atom. The molecule has 26 heavy (non-hydrogen) atoms. The van der Waals surface area contributed by atoms with Crippen LogP contribution in [0.3, 0.4) is 0 Å². The number of nitrogens with zero attached hydrogens (tertiary/aromatic N) is 2. The van der Waals surface area contributed by atoms with Crippen molar-refractivity contribution in [2.24, 2.45) is 17.4 Å². The first kappa shape index (κ1) is 19.9. The highest BCUT2D eigenvalue weighted by Gasteiger charge is 2.21. The third-order valence-corrected chi connectivity index (χ3v) is 3.83. The van der Waals surface area contributed by atoms with E-state index >= 15 is 0 Å². The van der Waals surface area contributed by atoms with Crippen LogP contribution in [-0.2, 0) is 0 Å². The van der Waals surface area contributed by atoms with E-state index in [-0.39, 0.29) is 5.88 Å². The summed E-state index contributed by atoms with van der Waals surface area (Å²) < 4.78 is 10.5. The molecule has 2 rings (SSSR count). The molecule has 2 aromatic rings. The van der Waals surface area contributed by atoms with E-state index in [1.807, 2.05) is 13.0 Å². The number of nitrogens with two attached hydrogens (primary N) is 2. The van der Waals surface area contributed by atoms with Crippen molar-refractivity contribution in [2.45, 2.75) is 32.7 Å². The van der Waals surface area contributed by atoms with Crippen molar-refractivity contribution in [1.82, 2.24) is 10.2 Å². The van der Waals surface area contributed by atoms with Gasteiger partial charge in [0.15, 0.2) is 0 Å². The van der Waals surface area contributed by atoms with Gasteiger partial charge >= 0.3 is 6.09 Å². The number of benzene rings is 1. The zero-order chi connectivity index (χ0) is 19.3. The van der Waals surface area contributed by atoms with E-state index in [1.165, 1.54) is 6.20 Å². The first-order valence-electron chi connectivity index (χ1n) is 8.18. The number of rotatable bonds is 7. The monoisotopic (exact) mass is 378 g/mol. The van der Waals surface area contributed by atoms with E-state index < -0.39 is 11.6 Å². The number of carbonyl (C=O) groups excluding carboxylic acids is 1. The largest absolute Gasteiger partial charge is 0.490 e. The highest BCUT2D eigenvalue weighted by molar-refractivity contribution is 6.32. The number of aromatic nitrogens is 2. The van der Waals surface area contributed by atoms with Gasteiger partial charge in [-0.15, -0.1) is 5.10 Å². The van der Waals surface area contributed by atoms with Gasteiger partial charge in [-0.1, -0.05) is 31.5 Å². The van der Waals surface area contributed by atoms with Gasteiger partial charge in [0.1, 0.15) is 12.4 Å². The van der Waals surface area contributed by atoms with Crippen LogP contribution in [0.25, 0.3) is 11.1 Å². The van der Waals surface area contributed by atoms with Gasteiger partial charge in [-0.2, -0.15) is 5.10 Å². The Hall–Kier alpha value is -2.38. The van der Waals surface area contributed by atoms with Gasteiger partial charge in [0, 0.05) is 17.2 Å². The summed E-state index contributed by atoms with van der Waals surface area (Å²) in [6.07, 6.45) is 1.41. The van der Waals surface area contributed by atoms with Gasteiger partial charge in [0.25, 0.3) is 0 Å². The maximum absolute atomic E-state index is 10.8. The Balaban J connectivity index is 2.13. The Bertz CT molecular complexity index is 781. The molecule has 0 aliphatic carbocycles. The molecule has 1 amide bonds. The fourth-order valence-corrected chi connectivity index (χ4v) is 2.92. The van der Waals surface area contributed by atoms with E-state index in [2.05, 4.69) is 24.0 Å². The number of hydrogen-bond acceptors (Lipinski definition) is 6. The minimum absolute atomic E-state index is 0.0130. The van der Waals surface area contributed by atoms with Gasteiger partial charge in [-0.25, -0.2) is 4.79 Å². The highest BCUT2D eigenvalue weighted by atomic mass is 35.5. The Labute approximate surface area is 157 Å². The Morgan fingerprint density at radius 3 is 2.65 bits per heavy atom. The van der Waals surface area contributed by atoms with E-state index in [0.29, 0.717) is 28.9 Å². The average Bonchev–Trinajstić information content (AvgIpc) is 2.52. The van der Waals surface area contributed by atoms with Crippen LogP contribution >= 0.6 is 11.6 Å². The molecular weight excluding hydrogens is 356 g/mol. The van der Waals surface area contributed by atoms with E-state index in [1.54, 1.807) is 18.2 Å². The van der Waals surface area contributed by atoms with E-state index in [9.17, 15) is 4.79 Å². The quantitative estimate of drug-likeness (QED) is 0.763. The molecule has 1 aromatic carbocycles. The number of primary amides is 1. The summed E-state index contributed by atoms with van der Waals surface area (Å²) in [5.74, 6) is 1.04. The zero-order valence-electron chi connectivity index (χ0n) is 15.0. The third-order valence-electron chi connectivity index (χ3n) is 3.53. The van der Waals surface area contributed by atoms with Gasteiger partial charge in [0.2, 0.25) is 5.88 Å². The average molecular weight is 379 g/mol. The van der Waals surface area contributed by atoms with Crippen LogP contribution in [0.1, 0.15) is 27.2 Å². The number of halogens is 1. The van der Waals surface area contributed by atoms with Crippen molar-refractivity contribution < 1.29 is 14.3 Å². The van der Waals surface area contributed by atoms with Crippen LogP contribution in [0.5, 0.6) is 11.6 Å². The summed E-state index contributed by atoms with van der Waals surface area (Å²) >= 11 is 6.33. The van der Waals surface area contributed by atoms with Gasteiger partial charge < -0.3 is 20.9 Å². The Morgan fingerprint density at radius 2 is 2.04 bits per heavy atom. The first-order chi connectivity index (χ1) is 12.2. The van der Waals surface area contributed by atoms with Crippen molar-refractivity contribution in [3.63, 3.8) is 0 Å². The number of ether oxygens (including phenoxy) is 2. The normalized spacial score (nSPS) is 13.3. The molecule has 0 aliphatic rings. The molecule has 1 atom stereocenters. The topological polar surface area (TPSA) is 113 Å². The lowest BCUT2D eigenvalue weighted by Crippen LogP contribution is -2.43. The van der Waals surface area contributed by atoms with Crippen LogP contribution in [0.15, 0.2) is 30.5 Å². The molecular formula is C18H23ClN4O3. The summed E-state index contributed by atoms with van der Waals surface area (Å²) in [7, 11) is 0. The summed E-state index contributed by atoms with van der Waals surface area (Å²) in [6.45, 7) is 6.55. The number of carbonyl (C=O) groups is 1. The van der Waals surface area contributed by atoms with Crippen molar-refractivity contribution >= 4 is 17.7 Å². The van der Waals surface area contributed by atoms with Gasteiger partial charge in [0.05, 0.1) is 11.2 Å².